The molecule has 1 aromatic rings. The number of ether oxygens (including phenoxy) is 1. The number of aliphatic hydroxyl groups is 1. The van der Waals surface area contributed by atoms with E-state index in [1.807, 2.05) is 12.3 Å². The van der Waals surface area contributed by atoms with E-state index in [9.17, 15) is 5.11 Å². The largest absolute Gasteiger partial charge is 0.389 e. The molecule has 0 amide bonds. The maximum atomic E-state index is 10.3. The molecule has 2 unspecified atom stereocenters. The van der Waals surface area contributed by atoms with E-state index in [4.69, 9.17) is 4.74 Å². The van der Waals surface area contributed by atoms with E-state index in [0.29, 0.717) is 13.0 Å². The average Bonchev–Trinajstić information content (AvgIpc) is 2.71. The highest BCUT2D eigenvalue weighted by molar-refractivity contribution is 7.09. The highest BCUT2D eigenvalue weighted by Gasteiger charge is 2.35. The molecule has 1 aromatic heterocycles. The lowest BCUT2D eigenvalue weighted by molar-refractivity contribution is -0.00457. The first-order valence-corrected chi connectivity index (χ1v) is 5.75. The Labute approximate surface area is 87.7 Å². The zero-order valence-electron chi connectivity index (χ0n) is 8.27. The molecule has 14 heavy (non-hydrogen) atoms. The smallest absolute Gasteiger partial charge is 0.0953 e. The molecule has 1 N–H and O–H groups in total. The Kier molecular flexibility index (Phi) is 2.85. The second-order valence-electron chi connectivity index (χ2n) is 4.02. The van der Waals surface area contributed by atoms with Gasteiger partial charge in [-0.05, 0) is 13.3 Å². The highest BCUT2D eigenvalue weighted by Crippen LogP contribution is 2.29. The molecular weight excluding hydrogens is 198 g/mol. The van der Waals surface area contributed by atoms with E-state index in [2.05, 4.69) is 4.98 Å². The average molecular weight is 213 g/mol. The number of hydrogen-bond acceptors (Lipinski definition) is 4. The van der Waals surface area contributed by atoms with Crippen molar-refractivity contribution >= 4 is 11.3 Å². The molecule has 0 radical (unpaired) electrons. The zero-order valence-corrected chi connectivity index (χ0v) is 9.09. The standard InChI is InChI=1S/C10H15NO2S/c1-10(12,8-2-4-13-7-8)6-9-11-3-5-14-9/h3,5,8,12H,2,4,6-7H2,1H3. The molecule has 0 bridgehead atoms. The molecule has 1 saturated heterocycles. The Morgan fingerprint density at radius 1 is 1.79 bits per heavy atom. The van der Waals surface area contributed by atoms with Crippen LogP contribution >= 0.6 is 11.3 Å². The fourth-order valence-corrected chi connectivity index (χ4v) is 2.59. The third-order valence-corrected chi connectivity index (χ3v) is 3.58. The number of rotatable bonds is 3. The normalized spacial score (nSPS) is 26.3. The summed E-state index contributed by atoms with van der Waals surface area (Å²) < 4.78 is 5.29. The van der Waals surface area contributed by atoms with Crippen LogP contribution in [0, 0.1) is 5.92 Å². The minimum Gasteiger partial charge on any atom is -0.389 e. The van der Waals surface area contributed by atoms with Crippen molar-refractivity contribution in [3.05, 3.63) is 16.6 Å². The highest BCUT2D eigenvalue weighted by atomic mass is 32.1. The van der Waals surface area contributed by atoms with Crippen molar-refractivity contribution in [2.45, 2.75) is 25.4 Å². The third kappa shape index (κ3) is 2.13. The predicted molar refractivity (Wildman–Crippen MR) is 55.4 cm³/mol. The van der Waals surface area contributed by atoms with Crippen LogP contribution in [0.2, 0.25) is 0 Å². The van der Waals surface area contributed by atoms with Crippen LogP contribution in [0.1, 0.15) is 18.4 Å². The Morgan fingerprint density at radius 3 is 3.21 bits per heavy atom. The quantitative estimate of drug-likeness (QED) is 0.827. The molecule has 3 nitrogen and oxygen atoms in total. The molecule has 1 aliphatic heterocycles. The molecule has 0 saturated carbocycles. The van der Waals surface area contributed by atoms with Crippen LogP contribution in [0.3, 0.4) is 0 Å². The van der Waals surface area contributed by atoms with Gasteiger partial charge in [0.1, 0.15) is 0 Å². The topological polar surface area (TPSA) is 42.4 Å². The number of thiazole rings is 1. The molecule has 1 aliphatic rings. The van der Waals surface area contributed by atoms with Crippen molar-refractivity contribution < 1.29 is 9.84 Å². The summed E-state index contributed by atoms with van der Waals surface area (Å²) in [5, 5.41) is 13.2. The number of nitrogens with zero attached hydrogens (tertiary/aromatic N) is 1. The summed E-state index contributed by atoms with van der Waals surface area (Å²) in [5.41, 5.74) is -0.672. The lowest BCUT2D eigenvalue weighted by Gasteiger charge is -2.27. The molecular formula is C10H15NO2S. The van der Waals surface area contributed by atoms with Crippen molar-refractivity contribution in [2.24, 2.45) is 5.92 Å². The van der Waals surface area contributed by atoms with Crippen LogP contribution in [0.15, 0.2) is 11.6 Å². The molecule has 0 spiro atoms. The maximum Gasteiger partial charge on any atom is 0.0953 e. The van der Waals surface area contributed by atoms with Gasteiger partial charge in [0.25, 0.3) is 0 Å². The van der Waals surface area contributed by atoms with Crippen molar-refractivity contribution in [2.75, 3.05) is 13.2 Å². The second-order valence-corrected chi connectivity index (χ2v) is 5.00. The Hall–Kier alpha value is -0.450. The lowest BCUT2D eigenvalue weighted by Crippen LogP contribution is -2.37. The van der Waals surface area contributed by atoms with Gasteiger partial charge < -0.3 is 9.84 Å². The van der Waals surface area contributed by atoms with Gasteiger partial charge in [0.15, 0.2) is 0 Å². The van der Waals surface area contributed by atoms with Crippen molar-refractivity contribution in [1.82, 2.24) is 4.98 Å². The lowest BCUT2D eigenvalue weighted by atomic mass is 9.86. The molecule has 0 aromatic carbocycles. The summed E-state index contributed by atoms with van der Waals surface area (Å²) in [6.45, 7) is 3.34. The van der Waals surface area contributed by atoms with Crippen LogP contribution in [0.25, 0.3) is 0 Å². The maximum absolute atomic E-state index is 10.3. The number of hydrogen-bond donors (Lipinski definition) is 1. The first-order valence-electron chi connectivity index (χ1n) is 4.87. The van der Waals surface area contributed by atoms with Gasteiger partial charge in [-0.2, -0.15) is 0 Å². The van der Waals surface area contributed by atoms with E-state index in [1.54, 1.807) is 17.5 Å². The van der Waals surface area contributed by atoms with Crippen LogP contribution in [-0.4, -0.2) is 28.9 Å². The fourth-order valence-electron chi connectivity index (χ4n) is 1.82. The minimum absolute atomic E-state index is 0.256. The van der Waals surface area contributed by atoms with Gasteiger partial charge in [0, 0.05) is 30.5 Å². The van der Waals surface area contributed by atoms with E-state index >= 15 is 0 Å². The Balaban J connectivity index is 2.00. The van der Waals surface area contributed by atoms with Crippen LogP contribution in [0.5, 0.6) is 0 Å². The first-order chi connectivity index (χ1) is 6.68. The van der Waals surface area contributed by atoms with Crippen LogP contribution in [-0.2, 0) is 11.2 Å². The Bertz CT molecular complexity index is 278. The predicted octanol–water partition coefficient (Wildman–Crippen LogP) is 1.47. The van der Waals surface area contributed by atoms with Crippen LogP contribution < -0.4 is 0 Å². The molecule has 2 rings (SSSR count). The van der Waals surface area contributed by atoms with E-state index in [-0.39, 0.29) is 5.92 Å². The van der Waals surface area contributed by atoms with E-state index < -0.39 is 5.60 Å². The monoisotopic (exact) mass is 213 g/mol. The van der Waals surface area contributed by atoms with Gasteiger partial charge in [0.2, 0.25) is 0 Å². The van der Waals surface area contributed by atoms with E-state index in [1.165, 1.54) is 0 Å². The van der Waals surface area contributed by atoms with E-state index in [0.717, 1.165) is 18.0 Å². The molecule has 4 heteroatoms. The van der Waals surface area contributed by atoms with Gasteiger partial charge >= 0.3 is 0 Å². The summed E-state index contributed by atoms with van der Waals surface area (Å²) in [6.07, 6.45) is 3.37. The van der Waals surface area contributed by atoms with Gasteiger partial charge in [-0.1, -0.05) is 0 Å². The summed E-state index contributed by atoms with van der Waals surface area (Å²) in [7, 11) is 0. The molecule has 2 heterocycles. The van der Waals surface area contributed by atoms with Gasteiger partial charge in [-0.15, -0.1) is 11.3 Å². The molecule has 2 atom stereocenters. The summed E-state index contributed by atoms with van der Waals surface area (Å²) in [5.74, 6) is 0.256. The van der Waals surface area contributed by atoms with Crippen LogP contribution in [0.4, 0.5) is 0 Å². The molecule has 0 aliphatic carbocycles. The minimum atomic E-state index is -0.672. The third-order valence-electron chi connectivity index (χ3n) is 2.80. The molecule has 1 fully saturated rings. The Morgan fingerprint density at radius 2 is 2.64 bits per heavy atom. The van der Waals surface area contributed by atoms with Crippen molar-refractivity contribution in [1.29, 1.82) is 0 Å². The van der Waals surface area contributed by atoms with Crippen molar-refractivity contribution in [3.63, 3.8) is 0 Å². The SMILES string of the molecule is CC(O)(Cc1nccs1)C1CCOC1. The van der Waals surface area contributed by atoms with Crippen molar-refractivity contribution in [3.8, 4) is 0 Å². The summed E-state index contributed by atoms with van der Waals surface area (Å²) in [4.78, 5) is 4.19. The fraction of sp³-hybridized carbons (Fsp3) is 0.700. The number of aromatic nitrogens is 1. The second kappa shape index (κ2) is 3.96. The van der Waals surface area contributed by atoms with Gasteiger partial charge in [0.05, 0.1) is 17.2 Å². The first kappa shape index (κ1) is 10.1. The zero-order chi connectivity index (χ0) is 10.0. The molecule has 78 valence electrons. The van der Waals surface area contributed by atoms with Gasteiger partial charge in [-0.3, -0.25) is 0 Å². The van der Waals surface area contributed by atoms with Gasteiger partial charge in [-0.25, -0.2) is 4.98 Å². The summed E-state index contributed by atoms with van der Waals surface area (Å²) in [6, 6.07) is 0. The summed E-state index contributed by atoms with van der Waals surface area (Å²) >= 11 is 1.60.